The van der Waals surface area contributed by atoms with E-state index in [0.29, 0.717) is 5.02 Å². The highest BCUT2D eigenvalue weighted by Crippen LogP contribution is 2.36. The van der Waals surface area contributed by atoms with Crippen LogP contribution < -0.4 is 5.32 Å². The van der Waals surface area contributed by atoms with Crippen molar-refractivity contribution in [2.75, 3.05) is 38.5 Å². The van der Waals surface area contributed by atoms with E-state index < -0.39 is 0 Å². The highest BCUT2D eigenvalue weighted by molar-refractivity contribution is 6.31. The molecule has 0 amide bonds. The Morgan fingerprint density at radius 3 is 2.61 bits per heavy atom. The van der Waals surface area contributed by atoms with Crippen molar-refractivity contribution < 1.29 is 0 Å². The zero-order valence-electron chi connectivity index (χ0n) is 13.1. The number of rotatable bonds is 0. The van der Waals surface area contributed by atoms with Gasteiger partial charge in [-0.3, -0.25) is 0 Å². The number of nitrogens with zero attached hydrogens (tertiary/aromatic N) is 3. The number of amidine groups is 1. The third-order valence-corrected chi connectivity index (χ3v) is 4.66. The van der Waals surface area contributed by atoms with E-state index in [1.165, 1.54) is 0 Å². The molecule has 4 rings (SSSR count). The lowest BCUT2D eigenvalue weighted by molar-refractivity contribution is 0.216. The van der Waals surface area contributed by atoms with Gasteiger partial charge in [-0.2, -0.15) is 0 Å². The fraction of sp³-hybridized carbons (Fsp3) is 0.278. The molecule has 4 nitrogen and oxygen atoms in total. The Hall–Kier alpha value is -2.04. The molecule has 0 spiro atoms. The van der Waals surface area contributed by atoms with Crippen LogP contribution in [-0.4, -0.2) is 48.9 Å². The van der Waals surface area contributed by atoms with E-state index in [2.05, 4.69) is 40.4 Å². The predicted octanol–water partition coefficient (Wildman–Crippen LogP) is 3.72. The van der Waals surface area contributed by atoms with Gasteiger partial charge in [0.05, 0.1) is 11.4 Å². The van der Waals surface area contributed by atoms with Gasteiger partial charge in [0.1, 0.15) is 5.84 Å². The molecule has 0 saturated carbocycles. The molecule has 1 N–H and O–H groups in total. The van der Waals surface area contributed by atoms with Gasteiger partial charge in [-0.15, -0.1) is 0 Å². The maximum Gasteiger partial charge on any atom is 0.138 e. The molecule has 23 heavy (non-hydrogen) atoms. The molecular weight excluding hydrogens is 308 g/mol. The molecule has 0 unspecified atom stereocenters. The molecule has 118 valence electrons. The molecule has 0 atom stereocenters. The molecule has 5 heteroatoms. The summed E-state index contributed by atoms with van der Waals surface area (Å²) in [5.41, 5.74) is 4.10. The second-order valence-electron chi connectivity index (χ2n) is 6.06. The molecule has 2 aromatic rings. The Morgan fingerprint density at radius 1 is 1.00 bits per heavy atom. The van der Waals surface area contributed by atoms with Crippen LogP contribution in [0, 0.1) is 0 Å². The first kappa shape index (κ1) is 14.5. The van der Waals surface area contributed by atoms with Crippen molar-refractivity contribution in [2.24, 2.45) is 4.99 Å². The summed E-state index contributed by atoms with van der Waals surface area (Å²) >= 11 is 6.15. The Labute approximate surface area is 141 Å². The topological polar surface area (TPSA) is 30.9 Å². The van der Waals surface area contributed by atoms with Crippen LogP contribution in [0.5, 0.6) is 0 Å². The van der Waals surface area contributed by atoms with Crippen LogP contribution in [0.3, 0.4) is 0 Å². The van der Waals surface area contributed by atoms with Gasteiger partial charge >= 0.3 is 0 Å². The van der Waals surface area contributed by atoms with Crippen LogP contribution >= 0.6 is 11.6 Å². The van der Waals surface area contributed by atoms with Gasteiger partial charge in [-0.1, -0.05) is 23.7 Å². The molecule has 2 aliphatic rings. The third kappa shape index (κ3) is 2.80. The van der Waals surface area contributed by atoms with Gasteiger partial charge in [0.25, 0.3) is 0 Å². The molecule has 1 saturated heterocycles. The van der Waals surface area contributed by atoms with E-state index in [9.17, 15) is 0 Å². The van der Waals surface area contributed by atoms with Crippen molar-refractivity contribution in [1.82, 2.24) is 9.80 Å². The summed E-state index contributed by atoms with van der Waals surface area (Å²) in [6.45, 7) is 4.10. The van der Waals surface area contributed by atoms with Crippen LogP contribution in [0.2, 0.25) is 5.02 Å². The quantitative estimate of drug-likeness (QED) is 0.800. The van der Waals surface area contributed by atoms with Crippen LogP contribution in [0.4, 0.5) is 17.1 Å². The van der Waals surface area contributed by atoms with Crippen molar-refractivity contribution in [1.29, 1.82) is 0 Å². The summed E-state index contributed by atoms with van der Waals surface area (Å²) < 4.78 is 0. The van der Waals surface area contributed by atoms with Crippen LogP contribution in [-0.2, 0) is 0 Å². The average molecular weight is 327 g/mol. The second kappa shape index (κ2) is 5.87. The Morgan fingerprint density at radius 2 is 1.78 bits per heavy atom. The first-order valence-electron chi connectivity index (χ1n) is 7.89. The van der Waals surface area contributed by atoms with E-state index in [4.69, 9.17) is 16.6 Å². The molecular formula is C18H19ClN4. The van der Waals surface area contributed by atoms with Gasteiger partial charge in [-0.05, 0) is 37.4 Å². The number of likely N-dealkylation sites (N-methyl/N-ethyl adjacent to an activating group) is 1. The lowest BCUT2D eigenvalue weighted by Crippen LogP contribution is -2.47. The number of aliphatic imine (C=N–C) groups is 1. The maximum atomic E-state index is 6.15. The molecule has 2 aliphatic heterocycles. The Balaban J connectivity index is 1.82. The fourth-order valence-corrected chi connectivity index (χ4v) is 3.24. The first-order chi connectivity index (χ1) is 11.2. The number of anilines is 2. The molecule has 2 heterocycles. The number of nitrogens with one attached hydrogen (secondary N) is 1. The van der Waals surface area contributed by atoms with Gasteiger partial charge in [0.15, 0.2) is 0 Å². The van der Waals surface area contributed by atoms with E-state index >= 15 is 0 Å². The molecule has 0 bridgehead atoms. The minimum atomic E-state index is 0.715. The molecule has 1 fully saturated rings. The van der Waals surface area contributed by atoms with Crippen molar-refractivity contribution in [3.63, 3.8) is 0 Å². The van der Waals surface area contributed by atoms with Crippen molar-refractivity contribution >= 4 is 34.5 Å². The minimum Gasteiger partial charge on any atom is -0.353 e. The molecule has 2 aromatic carbocycles. The van der Waals surface area contributed by atoms with Gasteiger partial charge in [0, 0.05) is 42.5 Å². The molecule has 0 aromatic heterocycles. The first-order valence-corrected chi connectivity index (χ1v) is 8.27. The summed E-state index contributed by atoms with van der Waals surface area (Å²) in [6.07, 6.45) is 0. The monoisotopic (exact) mass is 326 g/mol. The van der Waals surface area contributed by atoms with E-state index in [1.807, 2.05) is 24.3 Å². The maximum absolute atomic E-state index is 6.15. The number of hydrogen-bond donors (Lipinski definition) is 1. The summed E-state index contributed by atoms with van der Waals surface area (Å²) in [5.74, 6) is 1.04. The largest absolute Gasteiger partial charge is 0.353 e. The zero-order valence-corrected chi connectivity index (χ0v) is 13.8. The Kier molecular flexibility index (Phi) is 3.71. The van der Waals surface area contributed by atoms with Crippen molar-refractivity contribution in [3.05, 3.63) is 53.1 Å². The summed E-state index contributed by atoms with van der Waals surface area (Å²) in [6, 6.07) is 14.1. The summed E-state index contributed by atoms with van der Waals surface area (Å²) in [7, 11) is 2.17. The average Bonchev–Trinajstić information content (AvgIpc) is 2.72. The standard InChI is InChI=1S/C18H19ClN4/c1-22-8-10-23(11-9-22)18-14-4-2-3-5-15(14)20-17-12-13(19)6-7-16(17)21-18/h2-7,12,20H,8-11H2,1H3. The SMILES string of the molecule is CN1CCN(C2=Nc3ccc(Cl)cc3Nc3ccccc32)CC1. The van der Waals surface area contributed by atoms with Crippen LogP contribution in [0.25, 0.3) is 0 Å². The highest BCUT2D eigenvalue weighted by atomic mass is 35.5. The van der Waals surface area contributed by atoms with Crippen LogP contribution in [0.15, 0.2) is 47.5 Å². The lowest BCUT2D eigenvalue weighted by Gasteiger charge is -2.34. The normalized spacial score (nSPS) is 17.7. The minimum absolute atomic E-state index is 0.715. The zero-order chi connectivity index (χ0) is 15.8. The number of piperazine rings is 1. The Bertz CT molecular complexity index is 763. The smallest absolute Gasteiger partial charge is 0.138 e. The van der Waals surface area contributed by atoms with Gasteiger partial charge < -0.3 is 15.1 Å². The van der Waals surface area contributed by atoms with Crippen LogP contribution in [0.1, 0.15) is 5.56 Å². The number of para-hydroxylation sites is 1. The number of fused-ring (bicyclic) bond motifs is 2. The van der Waals surface area contributed by atoms with E-state index in [0.717, 1.165) is 54.6 Å². The predicted molar refractivity (Wildman–Crippen MR) is 96.4 cm³/mol. The number of benzene rings is 2. The molecule has 0 aliphatic carbocycles. The number of halogens is 1. The van der Waals surface area contributed by atoms with Crippen molar-refractivity contribution in [3.8, 4) is 0 Å². The van der Waals surface area contributed by atoms with Crippen molar-refractivity contribution in [2.45, 2.75) is 0 Å². The fourth-order valence-electron chi connectivity index (χ4n) is 3.07. The third-order valence-electron chi connectivity index (χ3n) is 4.43. The second-order valence-corrected chi connectivity index (χ2v) is 6.49. The van der Waals surface area contributed by atoms with E-state index in [1.54, 1.807) is 0 Å². The highest BCUT2D eigenvalue weighted by Gasteiger charge is 2.23. The molecule has 0 radical (unpaired) electrons. The van der Waals surface area contributed by atoms with E-state index in [-0.39, 0.29) is 0 Å². The summed E-state index contributed by atoms with van der Waals surface area (Å²) in [4.78, 5) is 9.71. The summed E-state index contributed by atoms with van der Waals surface area (Å²) in [5, 5.41) is 4.20. The lowest BCUT2D eigenvalue weighted by atomic mass is 10.1. The van der Waals surface area contributed by atoms with Gasteiger partial charge in [0.2, 0.25) is 0 Å². The van der Waals surface area contributed by atoms with Gasteiger partial charge in [-0.25, -0.2) is 4.99 Å². The number of hydrogen-bond acceptors (Lipinski definition) is 4.